The number of hydrogen-bond acceptors (Lipinski definition) is 4. The van der Waals surface area contributed by atoms with Crippen molar-refractivity contribution < 1.29 is 41.0 Å². The molecule has 0 aliphatic carbocycles. The summed E-state index contributed by atoms with van der Waals surface area (Å²) in [6, 6.07) is 0.162. The first kappa shape index (κ1) is 37.8. The van der Waals surface area contributed by atoms with Crippen molar-refractivity contribution in [1.29, 1.82) is 0 Å². The van der Waals surface area contributed by atoms with Gasteiger partial charge >= 0.3 is 12.1 Å². The van der Waals surface area contributed by atoms with E-state index in [1.165, 1.54) is 13.8 Å². The number of aliphatic carboxylic acids is 1. The minimum absolute atomic E-state index is 0.133. The number of terminal acetylenes is 1. The molecule has 3 aromatic rings. The molecule has 2 N–H and O–H groups in total. The number of hydrogen-bond donors (Lipinski definition) is 2. The van der Waals surface area contributed by atoms with Gasteiger partial charge in [0.1, 0.15) is 23.5 Å². The van der Waals surface area contributed by atoms with Crippen molar-refractivity contribution in [3.8, 4) is 35.3 Å². The van der Waals surface area contributed by atoms with Crippen molar-refractivity contribution in [3.05, 3.63) is 91.6 Å². The summed E-state index contributed by atoms with van der Waals surface area (Å²) >= 11 is 0. The largest absolute Gasteiger partial charge is 0.481 e. The third kappa shape index (κ3) is 8.23. The number of pyridine rings is 1. The fraction of sp³-hybridized carbons (Fsp3) is 0.378. The topological polar surface area (TPSA) is 91.6 Å². The molecule has 1 aliphatic rings. The number of carboxylic acids is 1. The fourth-order valence-corrected chi connectivity index (χ4v) is 6.14. The first-order valence-electron chi connectivity index (χ1n) is 15.6. The van der Waals surface area contributed by atoms with Crippen molar-refractivity contribution in [2.24, 2.45) is 11.8 Å². The van der Waals surface area contributed by atoms with Crippen LogP contribution in [-0.4, -0.2) is 46.6 Å². The second-order valence-corrected chi connectivity index (χ2v) is 12.9. The third-order valence-electron chi connectivity index (χ3n) is 8.39. The van der Waals surface area contributed by atoms with Crippen LogP contribution in [0.4, 0.5) is 26.3 Å². The van der Waals surface area contributed by atoms with Crippen LogP contribution >= 0.6 is 0 Å². The number of likely N-dealkylation sites (tertiary alicyclic amines) is 1. The number of halogens is 6. The molecular weight excluding hydrogens is 664 g/mol. The molecule has 0 saturated carbocycles. The maximum Gasteiger partial charge on any atom is 0.417 e. The molecule has 4 rings (SSSR count). The lowest BCUT2D eigenvalue weighted by atomic mass is 9.89. The van der Waals surface area contributed by atoms with Gasteiger partial charge in [-0.1, -0.05) is 31.6 Å². The highest BCUT2D eigenvalue weighted by atomic mass is 19.4. The van der Waals surface area contributed by atoms with Crippen LogP contribution in [0.5, 0.6) is 0 Å². The molecular formula is C37H35F6N3O4. The molecule has 264 valence electrons. The summed E-state index contributed by atoms with van der Waals surface area (Å²) in [4.78, 5) is 41.1. The number of aryl methyl sites for hydroxylation is 2. The molecule has 1 amide bonds. The van der Waals surface area contributed by atoms with Crippen LogP contribution in [-0.2, 0) is 15.8 Å². The average molecular weight is 700 g/mol. The number of rotatable bonds is 9. The van der Waals surface area contributed by atoms with Crippen LogP contribution in [0.2, 0.25) is 0 Å². The molecule has 0 spiro atoms. The lowest BCUT2D eigenvalue weighted by Gasteiger charge is -2.32. The van der Waals surface area contributed by atoms with E-state index in [1.807, 2.05) is 11.9 Å². The highest BCUT2D eigenvalue weighted by Crippen LogP contribution is 2.37. The number of carboxylic acid groups (broad SMARTS) is 1. The Balaban J connectivity index is 1.86. The van der Waals surface area contributed by atoms with Crippen molar-refractivity contribution in [3.63, 3.8) is 0 Å². The number of amides is 1. The number of nitrogens with one attached hydrogen (secondary N) is 1. The van der Waals surface area contributed by atoms with Gasteiger partial charge in [0.05, 0.1) is 29.2 Å². The molecule has 50 heavy (non-hydrogen) atoms. The lowest BCUT2D eigenvalue weighted by Crippen LogP contribution is -2.42. The predicted molar refractivity (Wildman–Crippen MR) is 174 cm³/mol. The molecule has 7 nitrogen and oxygen atoms in total. The summed E-state index contributed by atoms with van der Waals surface area (Å²) in [7, 11) is 1.82. The van der Waals surface area contributed by atoms with Crippen LogP contribution < -0.4 is 10.9 Å². The van der Waals surface area contributed by atoms with Gasteiger partial charge in [0.2, 0.25) is 5.91 Å². The van der Waals surface area contributed by atoms with E-state index in [1.54, 1.807) is 13.8 Å². The Labute approximate surface area is 285 Å². The zero-order valence-corrected chi connectivity index (χ0v) is 27.9. The van der Waals surface area contributed by atoms with E-state index in [9.17, 15) is 37.1 Å². The van der Waals surface area contributed by atoms with E-state index in [4.69, 9.17) is 6.42 Å². The van der Waals surface area contributed by atoms with Crippen molar-refractivity contribution in [2.75, 3.05) is 20.1 Å². The molecule has 2 atom stereocenters. The Bertz CT molecular complexity index is 1970. The maximum atomic E-state index is 16.4. The highest BCUT2D eigenvalue weighted by molar-refractivity contribution is 5.82. The van der Waals surface area contributed by atoms with E-state index in [0.29, 0.717) is 19.2 Å². The van der Waals surface area contributed by atoms with Gasteiger partial charge in [-0.15, -0.1) is 6.42 Å². The summed E-state index contributed by atoms with van der Waals surface area (Å²) in [5.74, 6) is 0.955. The second-order valence-electron chi connectivity index (χ2n) is 12.9. The Hall–Kier alpha value is -5.01. The van der Waals surface area contributed by atoms with Gasteiger partial charge in [-0.25, -0.2) is 13.2 Å². The van der Waals surface area contributed by atoms with Crippen LogP contribution in [0.15, 0.2) is 35.3 Å². The molecule has 0 unspecified atom stereocenters. The minimum atomic E-state index is -4.95. The summed E-state index contributed by atoms with van der Waals surface area (Å²) in [6.45, 7) is 7.39. The van der Waals surface area contributed by atoms with Gasteiger partial charge in [0.25, 0.3) is 5.56 Å². The van der Waals surface area contributed by atoms with E-state index < -0.39 is 81.8 Å². The molecule has 2 aromatic carbocycles. The quantitative estimate of drug-likeness (QED) is 0.200. The van der Waals surface area contributed by atoms with Crippen LogP contribution in [0.3, 0.4) is 0 Å². The molecule has 1 aliphatic heterocycles. The zero-order chi connectivity index (χ0) is 37.2. The van der Waals surface area contributed by atoms with Gasteiger partial charge in [0.15, 0.2) is 0 Å². The van der Waals surface area contributed by atoms with Crippen LogP contribution in [0.25, 0.3) is 11.1 Å². The Kier molecular flexibility index (Phi) is 11.2. The summed E-state index contributed by atoms with van der Waals surface area (Å²) in [5.41, 5.74) is -3.98. The Morgan fingerprint density at radius 2 is 1.66 bits per heavy atom. The highest BCUT2D eigenvalue weighted by Gasteiger charge is 2.37. The zero-order valence-electron chi connectivity index (χ0n) is 27.9. The van der Waals surface area contributed by atoms with Gasteiger partial charge in [-0.3, -0.25) is 14.4 Å². The van der Waals surface area contributed by atoms with Gasteiger partial charge < -0.3 is 19.9 Å². The number of nitrogens with zero attached hydrogens (tertiary/aromatic N) is 2. The van der Waals surface area contributed by atoms with Crippen LogP contribution in [0.1, 0.15) is 72.2 Å². The lowest BCUT2D eigenvalue weighted by molar-refractivity contribution is -0.138. The molecule has 1 fully saturated rings. The molecule has 1 saturated heterocycles. The molecule has 13 heteroatoms. The standard InChI is InChI=1S/C37H35F6N3O4/c1-7-23-13-26(32-20(4)11-25(38)12-21(32)5)35(40)33(34(23)39)28(15-31(48)49)44-36(50)29(10-19(2)3)46-18-24(9-8-22-16-45(6)17-22)27(14-30(46)47)37(41,42)43/h1,11-14,18-19,22,28-29H,10,15-17H2,2-6H3,(H,44,50)(H,48,49)/t28-,29+/m0/s1. The SMILES string of the molecule is C#Cc1cc(-c2c(C)cc(F)cc2C)c(F)c([C@H](CC(=O)O)NC(=O)[C@@H](CC(C)C)n2cc(C#CC3CN(C)C3)c(C(F)(F)F)cc2=O)c1F. The molecule has 2 heterocycles. The number of alkyl halides is 3. The fourth-order valence-electron chi connectivity index (χ4n) is 6.14. The van der Waals surface area contributed by atoms with E-state index in [2.05, 4.69) is 23.1 Å². The summed E-state index contributed by atoms with van der Waals surface area (Å²) < 4.78 is 89.2. The Morgan fingerprint density at radius 1 is 1.04 bits per heavy atom. The van der Waals surface area contributed by atoms with Crippen molar-refractivity contribution >= 4 is 11.9 Å². The van der Waals surface area contributed by atoms with Gasteiger partial charge in [0, 0.05) is 42.4 Å². The average Bonchev–Trinajstić information content (AvgIpc) is 2.97. The normalized spacial score (nSPS) is 14.7. The van der Waals surface area contributed by atoms with Gasteiger partial charge in [-0.05, 0) is 68.1 Å². The number of aromatic nitrogens is 1. The van der Waals surface area contributed by atoms with Crippen molar-refractivity contribution in [2.45, 2.75) is 58.8 Å². The van der Waals surface area contributed by atoms with E-state index in [-0.39, 0.29) is 40.5 Å². The van der Waals surface area contributed by atoms with Crippen molar-refractivity contribution in [1.82, 2.24) is 14.8 Å². The third-order valence-corrected chi connectivity index (χ3v) is 8.39. The predicted octanol–water partition coefficient (Wildman–Crippen LogP) is 6.38. The second kappa shape index (κ2) is 14.9. The number of carbonyl (C=O) groups is 2. The number of carbonyl (C=O) groups excluding carboxylic acids is 1. The monoisotopic (exact) mass is 699 g/mol. The van der Waals surface area contributed by atoms with Gasteiger partial charge in [-0.2, -0.15) is 13.2 Å². The maximum absolute atomic E-state index is 16.4. The smallest absolute Gasteiger partial charge is 0.417 e. The van der Waals surface area contributed by atoms with E-state index in [0.717, 1.165) is 29.0 Å². The molecule has 0 radical (unpaired) electrons. The first-order valence-corrected chi connectivity index (χ1v) is 15.6. The molecule has 0 bridgehead atoms. The number of benzene rings is 2. The first-order chi connectivity index (χ1) is 23.3. The summed E-state index contributed by atoms with van der Waals surface area (Å²) in [5, 5.41) is 12.1. The Morgan fingerprint density at radius 3 is 2.18 bits per heavy atom. The molecule has 1 aromatic heterocycles. The summed E-state index contributed by atoms with van der Waals surface area (Å²) in [6.07, 6.45) is 0.233. The minimum Gasteiger partial charge on any atom is -0.481 e. The van der Waals surface area contributed by atoms with E-state index >= 15 is 8.78 Å². The van der Waals surface area contributed by atoms with Crippen LogP contribution in [0, 0.1) is 67.3 Å².